The highest BCUT2D eigenvalue weighted by Crippen LogP contribution is 2.25. The normalized spacial score (nSPS) is 13.0. The maximum atomic E-state index is 12.5. The van der Waals surface area contributed by atoms with Gasteiger partial charge in [0.2, 0.25) is 0 Å². The van der Waals surface area contributed by atoms with Crippen molar-refractivity contribution in [3.63, 3.8) is 0 Å². The molecule has 9 heteroatoms. The van der Waals surface area contributed by atoms with Crippen molar-refractivity contribution in [2.45, 2.75) is 38.3 Å². The lowest BCUT2D eigenvalue weighted by Gasteiger charge is -2.19. The maximum absolute atomic E-state index is 12.5. The molecule has 30 heavy (non-hydrogen) atoms. The predicted octanol–water partition coefficient (Wildman–Crippen LogP) is 4.65. The minimum absolute atomic E-state index is 0.0280. The maximum Gasteiger partial charge on any atom is 0.573 e. The fourth-order valence-corrected chi connectivity index (χ4v) is 2.75. The summed E-state index contributed by atoms with van der Waals surface area (Å²) in [7, 11) is 1.27. The molecule has 2 aromatic carbocycles. The smallest absolute Gasteiger partial charge is 0.491 e. The van der Waals surface area contributed by atoms with Gasteiger partial charge in [-0.05, 0) is 55.6 Å². The number of benzene rings is 2. The second-order valence-corrected chi connectivity index (χ2v) is 6.81. The van der Waals surface area contributed by atoms with Crippen LogP contribution < -0.4 is 9.47 Å². The Morgan fingerprint density at radius 2 is 1.77 bits per heavy atom. The van der Waals surface area contributed by atoms with E-state index in [2.05, 4.69) is 4.74 Å². The summed E-state index contributed by atoms with van der Waals surface area (Å²) in [5.74, 6) is 0.253. The molecule has 166 valence electrons. The van der Waals surface area contributed by atoms with Crippen LogP contribution in [-0.4, -0.2) is 49.2 Å². The number of alkyl halides is 5. The third kappa shape index (κ3) is 8.54. The van der Waals surface area contributed by atoms with Crippen molar-refractivity contribution in [2.24, 2.45) is 0 Å². The summed E-state index contributed by atoms with van der Waals surface area (Å²) in [5.41, 5.74) is 1.48. The molecule has 0 spiro atoms. The molecule has 0 aliphatic rings. The second-order valence-electron chi connectivity index (χ2n) is 6.81. The van der Waals surface area contributed by atoms with E-state index in [1.165, 1.54) is 25.2 Å². The fourth-order valence-electron chi connectivity index (χ4n) is 2.75. The first kappa shape index (κ1) is 23.9. The van der Waals surface area contributed by atoms with Crippen LogP contribution in [0.2, 0.25) is 0 Å². The third-order valence-electron chi connectivity index (χ3n) is 4.37. The molecule has 0 bridgehead atoms. The van der Waals surface area contributed by atoms with Crippen LogP contribution in [0.4, 0.5) is 22.0 Å². The Morgan fingerprint density at radius 1 is 1.03 bits per heavy atom. The average Bonchev–Trinajstić information content (AvgIpc) is 2.68. The van der Waals surface area contributed by atoms with Crippen LogP contribution in [0.3, 0.4) is 0 Å². The molecule has 0 aliphatic heterocycles. The van der Waals surface area contributed by atoms with Gasteiger partial charge in [-0.25, -0.2) is 0 Å². The van der Waals surface area contributed by atoms with E-state index in [9.17, 15) is 27.1 Å². The molecule has 1 N–H and O–H groups in total. The number of aliphatic hydroxyl groups is 1. The lowest BCUT2D eigenvalue weighted by atomic mass is 10.0. The Morgan fingerprint density at radius 3 is 2.47 bits per heavy atom. The highest BCUT2D eigenvalue weighted by atomic mass is 19.4. The number of para-hydroxylation sites is 1. The average molecular weight is 433 g/mol. The third-order valence-corrected chi connectivity index (χ3v) is 4.37. The van der Waals surface area contributed by atoms with Gasteiger partial charge in [-0.1, -0.05) is 30.3 Å². The summed E-state index contributed by atoms with van der Waals surface area (Å²) in [5, 5.41) is 9.96. The van der Waals surface area contributed by atoms with Gasteiger partial charge in [0.1, 0.15) is 18.1 Å². The number of hydrogen-bond donors (Lipinski definition) is 1. The van der Waals surface area contributed by atoms with Crippen LogP contribution in [0.5, 0.6) is 11.5 Å². The zero-order valence-electron chi connectivity index (χ0n) is 16.4. The molecule has 0 unspecified atom stereocenters. The van der Waals surface area contributed by atoms with Crippen molar-refractivity contribution < 1.29 is 36.5 Å². The van der Waals surface area contributed by atoms with Crippen molar-refractivity contribution in [1.82, 2.24) is 4.90 Å². The first-order valence-corrected chi connectivity index (χ1v) is 9.36. The summed E-state index contributed by atoms with van der Waals surface area (Å²) in [6.07, 6.45) is -4.57. The zero-order valence-corrected chi connectivity index (χ0v) is 16.4. The van der Waals surface area contributed by atoms with E-state index in [-0.39, 0.29) is 25.3 Å². The van der Waals surface area contributed by atoms with Crippen LogP contribution in [0.1, 0.15) is 17.5 Å². The Bertz CT molecular complexity index is 785. The molecule has 0 heterocycles. The molecule has 0 aromatic heterocycles. The topological polar surface area (TPSA) is 41.9 Å². The summed E-state index contributed by atoms with van der Waals surface area (Å²) >= 11 is 0. The van der Waals surface area contributed by atoms with Gasteiger partial charge in [0, 0.05) is 6.54 Å². The molecular weight excluding hydrogens is 409 g/mol. The van der Waals surface area contributed by atoms with Crippen LogP contribution in [0.25, 0.3) is 0 Å². The highest BCUT2D eigenvalue weighted by Gasteiger charge is 2.31. The van der Waals surface area contributed by atoms with Gasteiger partial charge in [-0.2, -0.15) is 8.78 Å². The Labute approximate surface area is 171 Å². The van der Waals surface area contributed by atoms with E-state index in [1.54, 1.807) is 24.3 Å². The van der Waals surface area contributed by atoms with Crippen molar-refractivity contribution in [3.8, 4) is 11.5 Å². The lowest BCUT2D eigenvalue weighted by molar-refractivity contribution is -0.274. The van der Waals surface area contributed by atoms with E-state index >= 15 is 0 Å². The molecule has 0 aliphatic carbocycles. The minimum Gasteiger partial charge on any atom is -0.491 e. The molecule has 0 saturated carbocycles. The first-order chi connectivity index (χ1) is 14.1. The van der Waals surface area contributed by atoms with Gasteiger partial charge in [-0.15, -0.1) is 13.2 Å². The molecule has 0 saturated heterocycles. The number of ether oxygens (including phenoxy) is 2. The Kier molecular flexibility index (Phi) is 8.86. The van der Waals surface area contributed by atoms with Crippen molar-refractivity contribution in [2.75, 3.05) is 20.2 Å². The molecule has 2 aromatic rings. The van der Waals surface area contributed by atoms with Crippen LogP contribution in [-0.2, 0) is 12.8 Å². The zero-order chi connectivity index (χ0) is 22.1. The van der Waals surface area contributed by atoms with Gasteiger partial charge in [0.15, 0.2) is 0 Å². The molecule has 0 fully saturated rings. The molecule has 0 radical (unpaired) electrons. The van der Waals surface area contributed by atoms with Gasteiger partial charge in [0.25, 0.3) is 6.55 Å². The number of aliphatic hydroxyl groups excluding tert-OH is 1. The van der Waals surface area contributed by atoms with Gasteiger partial charge in [-0.3, -0.25) is 4.90 Å². The van der Waals surface area contributed by atoms with E-state index in [0.717, 1.165) is 10.5 Å². The molecule has 0 amide bonds. The number of halogens is 5. The minimum atomic E-state index is -4.75. The Balaban J connectivity index is 1.90. The van der Waals surface area contributed by atoms with E-state index in [1.807, 2.05) is 6.07 Å². The highest BCUT2D eigenvalue weighted by molar-refractivity contribution is 5.35. The molecule has 2 rings (SSSR count). The summed E-state index contributed by atoms with van der Waals surface area (Å²) in [4.78, 5) is 0.827. The van der Waals surface area contributed by atoms with E-state index in [0.29, 0.717) is 24.2 Å². The van der Waals surface area contributed by atoms with Crippen molar-refractivity contribution in [1.29, 1.82) is 0 Å². The quantitative estimate of drug-likeness (QED) is 0.414. The summed E-state index contributed by atoms with van der Waals surface area (Å²) in [6, 6.07) is 12.9. The molecular formula is C21H24F5NO3. The number of aryl methyl sites for hydroxylation is 2. The van der Waals surface area contributed by atoms with E-state index in [4.69, 9.17) is 4.74 Å². The first-order valence-electron chi connectivity index (χ1n) is 9.36. The Hall–Kier alpha value is -2.39. The van der Waals surface area contributed by atoms with Crippen LogP contribution in [0, 0.1) is 0 Å². The van der Waals surface area contributed by atoms with Gasteiger partial charge < -0.3 is 14.6 Å². The lowest BCUT2D eigenvalue weighted by Crippen LogP contribution is -2.29. The van der Waals surface area contributed by atoms with Crippen LogP contribution >= 0.6 is 0 Å². The second kappa shape index (κ2) is 11.1. The standard InChI is InChI=1S/C21H24F5NO3/c1-27(20(22)23)12-11-17(28)14-29-19-8-3-2-6-16(19)10-9-15-5-4-7-18(13-15)30-21(24,25)26/h2-8,13,17,20,28H,9-12,14H2,1H3/t17-/m0/s1. The summed E-state index contributed by atoms with van der Waals surface area (Å²) in [6.45, 7) is -2.61. The number of hydrogen-bond acceptors (Lipinski definition) is 4. The van der Waals surface area contributed by atoms with Crippen LogP contribution in [0.15, 0.2) is 48.5 Å². The fraction of sp³-hybridized carbons (Fsp3) is 0.429. The molecule has 4 nitrogen and oxygen atoms in total. The van der Waals surface area contributed by atoms with Crippen molar-refractivity contribution >= 4 is 0 Å². The monoisotopic (exact) mass is 433 g/mol. The SMILES string of the molecule is CN(CC[C@H](O)COc1ccccc1CCc1cccc(OC(F)(F)F)c1)C(F)F. The van der Waals surface area contributed by atoms with Gasteiger partial charge in [0.05, 0.1) is 6.10 Å². The molecule has 1 atom stereocenters. The van der Waals surface area contributed by atoms with E-state index < -0.39 is 19.0 Å². The number of rotatable bonds is 11. The number of nitrogens with zero attached hydrogens (tertiary/aromatic N) is 1. The summed E-state index contributed by atoms with van der Waals surface area (Å²) < 4.78 is 71.6. The predicted molar refractivity (Wildman–Crippen MR) is 102 cm³/mol. The van der Waals surface area contributed by atoms with Crippen molar-refractivity contribution in [3.05, 3.63) is 59.7 Å². The largest absolute Gasteiger partial charge is 0.573 e. The van der Waals surface area contributed by atoms with Gasteiger partial charge >= 0.3 is 6.36 Å².